The number of imidazole rings is 3. The standard InChI is InChI=1S/C21H21N7O2.C21H23N7O2.C21H20N6O2/c1-2-22-21(30)26-20-24-16-10-14(11-17(19(16)25-20)28-8-4-6-23-28)13-9-15-5-3-7-27(15)18(29)12-13;1-4-14-12(3)9-15(24-19(14)29)13-10-16-18(17(11-13)28-8-6-7-23-28)26-20(25-16)27-21(30)22-5-2;1-3-22-21(29)26-20-24-17-11-14(13-7-9-27(2)18(28)12-13)10-15(19(17)25-20)16-6-4-5-8-23-16/h4,6,8-12H,2-3,5,7H2,1H3,(H3,22,24,25,26,30);6-11H,4-5H2,1-3H3,(H,24,29)(H3,22,25,26,27,30);4-12H,3H2,1-2H3,(H3,22,24,25,26,29). The lowest BCUT2D eigenvalue weighted by atomic mass is 10.0. The monoisotopic (exact) mass is 1200 g/mol. The first kappa shape index (κ1) is 59.0. The molecule has 0 saturated carbocycles. The molecule has 26 nitrogen and oxygen atoms in total. The Hall–Kier alpha value is -11.7. The van der Waals surface area contributed by atoms with Gasteiger partial charge in [-0.05, 0) is 154 Å². The lowest BCUT2D eigenvalue weighted by molar-refractivity contribution is 0.251. The van der Waals surface area contributed by atoms with E-state index >= 15 is 0 Å². The van der Waals surface area contributed by atoms with Crippen LogP contribution in [0.15, 0.2) is 149 Å². The van der Waals surface area contributed by atoms with Crippen molar-refractivity contribution in [3.05, 3.63) is 182 Å². The van der Waals surface area contributed by atoms with Crippen molar-refractivity contribution in [3.63, 3.8) is 0 Å². The minimum atomic E-state index is -0.340. The van der Waals surface area contributed by atoms with E-state index in [1.54, 1.807) is 53.3 Å². The first-order valence-corrected chi connectivity index (χ1v) is 29.0. The Bertz CT molecular complexity index is 4740. The predicted octanol–water partition coefficient (Wildman–Crippen LogP) is 8.91. The van der Waals surface area contributed by atoms with Gasteiger partial charge in [0.1, 0.15) is 11.0 Å². The van der Waals surface area contributed by atoms with Crippen molar-refractivity contribution in [2.75, 3.05) is 35.6 Å². The number of hydrogen-bond acceptors (Lipinski definition) is 12. The third-order valence-electron chi connectivity index (χ3n) is 14.7. The molecule has 0 unspecified atom stereocenters. The molecule has 0 radical (unpaired) electrons. The van der Waals surface area contributed by atoms with Crippen LogP contribution in [0.25, 0.3) is 89.2 Å². The highest BCUT2D eigenvalue weighted by Gasteiger charge is 2.20. The van der Waals surface area contributed by atoms with Crippen molar-refractivity contribution in [2.24, 2.45) is 7.05 Å². The molecule has 10 N–H and O–H groups in total. The summed E-state index contributed by atoms with van der Waals surface area (Å²) in [6.07, 6.45) is 13.0. The third-order valence-corrected chi connectivity index (χ3v) is 14.7. The van der Waals surface area contributed by atoms with E-state index in [1.165, 1.54) is 4.57 Å². The maximum Gasteiger partial charge on any atom is 0.321 e. The minimum absolute atomic E-state index is 0.0175. The van der Waals surface area contributed by atoms with Crippen LogP contribution in [0.2, 0.25) is 0 Å². The van der Waals surface area contributed by atoms with Gasteiger partial charge in [-0.1, -0.05) is 13.0 Å². The van der Waals surface area contributed by atoms with E-state index in [1.807, 2.05) is 130 Å². The van der Waals surface area contributed by atoms with Gasteiger partial charge >= 0.3 is 18.1 Å². The van der Waals surface area contributed by atoms with Gasteiger partial charge in [0.15, 0.2) is 0 Å². The number of nitrogens with one attached hydrogen (secondary N) is 10. The first-order valence-electron chi connectivity index (χ1n) is 29.0. The summed E-state index contributed by atoms with van der Waals surface area (Å²) in [4.78, 5) is 103. The number of fused-ring (bicyclic) bond motifs is 4. The highest BCUT2D eigenvalue weighted by molar-refractivity contribution is 5.99. The van der Waals surface area contributed by atoms with Crippen molar-refractivity contribution in [1.82, 2.24) is 84.5 Å². The third kappa shape index (κ3) is 13.0. The van der Waals surface area contributed by atoms with Crippen molar-refractivity contribution in [3.8, 4) is 56.1 Å². The van der Waals surface area contributed by atoms with Crippen molar-refractivity contribution in [2.45, 2.75) is 60.4 Å². The second kappa shape index (κ2) is 25.9. The molecule has 1 aliphatic rings. The normalized spacial score (nSPS) is 11.6. The molecule has 1 aliphatic heterocycles. The number of aryl methyl sites for hydroxylation is 3. The Kier molecular flexibility index (Phi) is 17.2. The van der Waals surface area contributed by atoms with Gasteiger partial charge in [0.2, 0.25) is 17.8 Å². The molecule has 452 valence electrons. The molecule has 26 heteroatoms. The fraction of sp³-hybridized carbons (Fsp3) is 0.206. The Labute approximate surface area is 507 Å². The summed E-state index contributed by atoms with van der Waals surface area (Å²) in [6.45, 7) is 11.7. The van der Waals surface area contributed by atoms with Crippen LogP contribution in [0, 0.1) is 6.92 Å². The maximum absolute atomic E-state index is 12.5. The van der Waals surface area contributed by atoms with E-state index in [0.717, 1.165) is 97.7 Å². The average Bonchev–Trinajstić information content (AvgIpc) is 1.81. The highest BCUT2D eigenvalue weighted by Crippen LogP contribution is 2.34. The van der Waals surface area contributed by atoms with E-state index in [0.29, 0.717) is 71.7 Å². The second-order valence-electron chi connectivity index (χ2n) is 20.7. The van der Waals surface area contributed by atoms with Crippen LogP contribution in [0.1, 0.15) is 50.9 Å². The molecule has 13 rings (SSSR count). The molecule has 12 aromatic rings. The molecule has 0 fully saturated rings. The largest absolute Gasteiger partial charge is 0.338 e. The maximum atomic E-state index is 12.5. The Morgan fingerprint density at radius 1 is 0.551 bits per heavy atom. The smallest absolute Gasteiger partial charge is 0.321 e. The summed E-state index contributed by atoms with van der Waals surface area (Å²) in [5.74, 6) is 1.01. The first-order chi connectivity index (χ1) is 43.2. The number of urea groups is 3. The van der Waals surface area contributed by atoms with Crippen molar-refractivity contribution in [1.29, 1.82) is 0 Å². The van der Waals surface area contributed by atoms with Crippen LogP contribution in [0.4, 0.5) is 32.2 Å². The van der Waals surface area contributed by atoms with Gasteiger partial charge in [-0.2, -0.15) is 10.2 Å². The van der Waals surface area contributed by atoms with Gasteiger partial charge in [-0.25, -0.2) is 38.7 Å². The SMILES string of the molecule is CCNC(=O)Nc1nc2c(-c3ccccn3)cc(-c3ccn(C)c(=O)c3)cc2[nH]1.CCNC(=O)Nc1nc2c(-n3cccn3)cc(-c3cc(C)c(CC)c(=O)[nH]3)cc2[nH]1.CCNC(=O)Nc1nc2c(-n3cccn3)cc(-c3cc4n(c(=O)c3)CCC4)cc2[nH]1. The summed E-state index contributed by atoms with van der Waals surface area (Å²) in [5.41, 5.74) is 14.8. The van der Waals surface area contributed by atoms with Crippen LogP contribution in [-0.4, -0.2) is 106 Å². The molecular weight excluding hydrogens is 1130 g/mol. The Morgan fingerprint density at radius 3 is 1.62 bits per heavy atom. The molecule has 9 aromatic heterocycles. The average molecular weight is 1200 g/mol. The van der Waals surface area contributed by atoms with Crippen LogP contribution in [0.3, 0.4) is 0 Å². The number of aromatic nitrogens is 14. The van der Waals surface area contributed by atoms with E-state index in [2.05, 4.69) is 88.0 Å². The number of hydrogen-bond donors (Lipinski definition) is 10. The van der Waals surface area contributed by atoms with Crippen LogP contribution in [0.5, 0.6) is 0 Å². The number of nitrogens with zero attached hydrogens (tertiary/aromatic N) is 10. The van der Waals surface area contributed by atoms with Crippen molar-refractivity contribution < 1.29 is 14.4 Å². The minimum Gasteiger partial charge on any atom is -0.338 e. The van der Waals surface area contributed by atoms with Gasteiger partial charge in [0, 0.05) is 111 Å². The zero-order chi connectivity index (χ0) is 62.3. The summed E-state index contributed by atoms with van der Waals surface area (Å²) < 4.78 is 6.78. The number of amides is 6. The van der Waals surface area contributed by atoms with E-state index < -0.39 is 0 Å². The number of pyridine rings is 4. The molecule has 0 saturated heterocycles. The van der Waals surface area contributed by atoms with E-state index in [9.17, 15) is 28.8 Å². The molecule has 10 heterocycles. The predicted molar refractivity (Wildman–Crippen MR) is 343 cm³/mol. The van der Waals surface area contributed by atoms with Gasteiger partial charge in [-0.3, -0.25) is 35.3 Å². The second-order valence-corrected chi connectivity index (χ2v) is 20.7. The zero-order valence-electron chi connectivity index (χ0n) is 49.6. The quantitative estimate of drug-likeness (QED) is 0.0517. The van der Waals surface area contributed by atoms with Gasteiger partial charge in [0.05, 0.1) is 39.1 Å². The molecule has 3 aromatic carbocycles. The number of H-pyrrole nitrogens is 4. The number of benzene rings is 3. The summed E-state index contributed by atoms with van der Waals surface area (Å²) in [6, 6.07) is 29.1. The molecule has 89 heavy (non-hydrogen) atoms. The van der Waals surface area contributed by atoms with E-state index in [4.69, 9.17) is 0 Å². The van der Waals surface area contributed by atoms with Crippen LogP contribution in [-0.2, 0) is 26.4 Å². The van der Waals surface area contributed by atoms with Gasteiger partial charge < -0.3 is 45.0 Å². The lowest BCUT2D eigenvalue weighted by Crippen LogP contribution is -2.28. The van der Waals surface area contributed by atoms with Crippen LogP contribution >= 0.6 is 0 Å². The topological polar surface area (TPSA) is 335 Å². The fourth-order valence-corrected chi connectivity index (χ4v) is 10.5. The molecule has 0 atom stereocenters. The van der Waals surface area contributed by atoms with Crippen molar-refractivity contribution >= 4 is 69.0 Å². The van der Waals surface area contributed by atoms with E-state index in [-0.39, 0.29) is 34.8 Å². The van der Waals surface area contributed by atoms with Gasteiger partial charge in [0.25, 0.3) is 16.7 Å². The Morgan fingerprint density at radius 2 is 1.09 bits per heavy atom. The van der Waals surface area contributed by atoms with Gasteiger partial charge in [-0.15, -0.1) is 0 Å². The summed E-state index contributed by atoms with van der Waals surface area (Å²) >= 11 is 0. The molecule has 0 aliphatic carbocycles. The lowest BCUT2D eigenvalue weighted by Gasteiger charge is -2.10. The summed E-state index contributed by atoms with van der Waals surface area (Å²) in [7, 11) is 1.71. The zero-order valence-corrected chi connectivity index (χ0v) is 49.6. The number of anilines is 3. The number of carbonyl (C=O) groups is 3. The molecule has 0 bridgehead atoms. The number of aromatic amines is 4. The number of rotatable bonds is 13. The fourth-order valence-electron chi connectivity index (χ4n) is 10.5. The summed E-state index contributed by atoms with van der Waals surface area (Å²) in [5, 5.41) is 24.8. The number of carbonyl (C=O) groups excluding carboxylic acids is 3. The molecule has 0 spiro atoms. The Balaban J connectivity index is 0.000000138. The molecule has 6 amide bonds. The highest BCUT2D eigenvalue weighted by atomic mass is 16.2. The molecular formula is C63H64N20O6. The van der Waals surface area contributed by atoms with Crippen LogP contribution < -0.4 is 48.6 Å².